The van der Waals surface area contributed by atoms with Gasteiger partial charge in [0, 0.05) is 6.42 Å². The third-order valence-corrected chi connectivity index (χ3v) is 12.8. The molecular formula is C57H102O6. The van der Waals surface area contributed by atoms with Crippen LogP contribution in [0.4, 0.5) is 0 Å². The molecule has 0 saturated carbocycles. The smallest absolute Gasteiger partial charge is 0.218 e. The maximum atomic E-state index is 13.4. The fraction of sp³-hybridized carbons (Fsp3) is 0.807. The first-order chi connectivity index (χ1) is 30.8. The van der Waals surface area contributed by atoms with Crippen LogP contribution in [-0.2, 0) is 14.4 Å². The first-order valence-corrected chi connectivity index (χ1v) is 27.1. The molecule has 0 fully saturated rings. The summed E-state index contributed by atoms with van der Waals surface area (Å²) in [6, 6.07) is 0. The Morgan fingerprint density at radius 3 is 0.921 bits per heavy atom. The van der Waals surface area contributed by atoms with Gasteiger partial charge in [-0.15, -0.1) is 0 Å². The van der Waals surface area contributed by atoms with Gasteiger partial charge in [-0.3, -0.25) is 14.4 Å². The normalized spacial score (nSPS) is 14.1. The van der Waals surface area contributed by atoms with Crippen LogP contribution in [0.5, 0.6) is 0 Å². The zero-order chi connectivity index (χ0) is 46.3. The Hall–Kier alpha value is -2.15. The first kappa shape index (κ1) is 60.9. The van der Waals surface area contributed by atoms with Crippen LogP contribution in [0.2, 0.25) is 0 Å². The lowest BCUT2D eigenvalue weighted by atomic mass is 9.82. The van der Waals surface area contributed by atoms with E-state index in [4.69, 9.17) is 0 Å². The molecule has 0 rings (SSSR count). The number of unbranched alkanes of at least 4 members (excludes halogenated alkanes) is 36. The van der Waals surface area contributed by atoms with Crippen molar-refractivity contribution in [3.63, 3.8) is 0 Å². The van der Waals surface area contributed by atoms with Crippen LogP contribution < -0.4 is 0 Å². The van der Waals surface area contributed by atoms with Crippen LogP contribution >= 0.6 is 0 Å². The zero-order valence-corrected chi connectivity index (χ0v) is 41.6. The average Bonchev–Trinajstić information content (AvgIpc) is 3.29. The molecule has 0 spiro atoms. The summed E-state index contributed by atoms with van der Waals surface area (Å²) in [7, 11) is 0. The maximum Gasteiger partial charge on any atom is 0.218 e. The summed E-state index contributed by atoms with van der Waals surface area (Å²) in [6.07, 6.45) is 55.4. The number of ketones is 3. The molecule has 366 valence electrons. The summed E-state index contributed by atoms with van der Waals surface area (Å²) in [5.74, 6) is -2.80. The minimum absolute atomic E-state index is 0.00433. The molecular weight excluding hydrogens is 781 g/mol. The van der Waals surface area contributed by atoms with Gasteiger partial charge in [-0.2, -0.15) is 0 Å². The summed E-state index contributed by atoms with van der Waals surface area (Å²) in [4.78, 5) is 39.9. The molecule has 0 aliphatic heterocycles. The number of carbonyl (C=O) groups is 3. The van der Waals surface area contributed by atoms with Crippen LogP contribution in [-0.4, -0.2) is 50.5 Å². The minimum Gasteiger partial charge on any atom is -0.386 e. The van der Waals surface area contributed by atoms with E-state index in [9.17, 15) is 29.7 Å². The summed E-state index contributed by atoms with van der Waals surface area (Å²) in [6.45, 7) is 6.74. The van der Waals surface area contributed by atoms with E-state index in [-0.39, 0.29) is 6.42 Å². The Labute approximate surface area is 389 Å². The second-order valence-corrected chi connectivity index (χ2v) is 18.8. The van der Waals surface area contributed by atoms with Gasteiger partial charge in [0.2, 0.25) is 5.60 Å². The standard InChI is InChI=1S/C57H102O6/c1-4-7-10-13-16-19-22-25-28-29-30-31-34-37-40-43-46-49-52(58)55(61)56(62)57(63,53(59)50-47-44-41-38-35-32-26-23-20-17-14-11-8-5-2)54(60)51-48-45-42-39-36-33-27-24-21-18-15-12-9-6-3/h41-42,44-45,47-48,50-51,55-56,61-63H,4-40,43,46,49H2,1-3H3/t55?,56-,57?/m1/s1. The molecule has 0 radical (unpaired) electrons. The number of aliphatic hydroxyl groups is 3. The lowest BCUT2D eigenvalue weighted by Gasteiger charge is -2.30. The Morgan fingerprint density at radius 2 is 0.635 bits per heavy atom. The molecule has 2 atom stereocenters. The molecule has 0 bridgehead atoms. The molecule has 63 heavy (non-hydrogen) atoms. The third-order valence-electron chi connectivity index (χ3n) is 12.8. The van der Waals surface area contributed by atoms with Crippen molar-refractivity contribution in [3.05, 3.63) is 48.6 Å². The molecule has 6 heteroatoms. The molecule has 0 aliphatic rings. The van der Waals surface area contributed by atoms with Crippen molar-refractivity contribution in [2.75, 3.05) is 0 Å². The van der Waals surface area contributed by atoms with E-state index in [0.717, 1.165) is 69.9 Å². The van der Waals surface area contributed by atoms with Gasteiger partial charge < -0.3 is 15.3 Å². The van der Waals surface area contributed by atoms with E-state index in [1.807, 2.05) is 12.2 Å². The van der Waals surface area contributed by atoms with Gasteiger partial charge in [-0.05, 0) is 44.3 Å². The van der Waals surface area contributed by atoms with Crippen molar-refractivity contribution in [1.82, 2.24) is 0 Å². The van der Waals surface area contributed by atoms with Gasteiger partial charge in [-0.1, -0.05) is 276 Å². The highest BCUT2D eigenvalue weighted by Gasteiger charge is 2.51. The van der Waals surface area contributed by atoms with Gasteiger partial charge in [0.05, 0.1) is 0 Å². The SMILES string of the molecule is CCCCCCCCCCCCC=CC=CC(=O)C(O)(C(=O)C=CC=CCCCCCCCCCCCC)[C@H](O)C(O)C(=O)CCCCCCCCCCCCCCCCCCC. The lowest BCUT2D eigenvalue weighted by Crippen LogP contribution is -2.60. The second kappa shape index (κ2) is 46.4. The van der Waals surface area contributed by atoms with Crippen molar-refractivity contribution in [3.8, 4) is 0 Å². The number of aliphatic hydroxyl groups excluding tert-OH is 2. The average molecular weight is 883 g/mol. The third kappa shape index (κ3) is 35.8. The molecule has 3 N–H and O–H groups in total. The van der Waals surface area contributed by atoms with Gasteiger partial charge in [0.25, 0.3) is 0 Å². The van der Waals surface area contributed by atoms with Crippen LogP contribution in [0.1, 0.15) is 278 Å². The molecule has 0 aromatic heterocycles. The molecule has 6 nitrogen and oxygen atoms in total. The van der Waals surface area contributed by atoms with Crippen LogP contribution in [0, 0.1) is 0 Å². The summed E-state index contributed by atoms with van der Waals surface area (Å²) < 4.78 is 0. The van der Waals surface area contributed by atoms with Crippen molar-refractivity contribution in [2.24, 2.45) is 0 Å². The Kier molecular flexibility index (Phi) is 44.8. The molecule has 0 amide bonds. The number of carbonyl (C=O) groups excluding carboxylic acids is 3. The van der Waals surface area contributed by atoms with E-state index in [1.54, 1.807) is 12.2 Å². The summed E-state index contributed by atoms with van der Waals surface area (Å²) in [5.41, 5.74) is -2.99. The highest BCUT2D eigenvalue weighted by molar-refractivity contribution is 6.19. The van der Waals surface area contributed by atoms with Crippen molar-refractivity contribution < 1.29 is 29.7 Å². The largest absolute Gasteiger partial charge is 0.386 e. The van der Waals surface area contributed by atoms with Gasteiger partial charge in [0.1, 0.15) is 12.2 Å². The highest BCUT2D eigenvalue weighted by Crippen LogP contribution is 2.22. The van der Waals surface area contributed by atoms with Gasteiger partial charge in [-0.25, -0.2) is 0 Å². The van der Waals surface area contributed by atoms with Crippen LogP contribution in [0.15, 0.2) is 48.6 Å². The Balaban J connectivity index is 4.94. The lowest BCUT2D eigenvalue weighted by molar-refractivity contribution is -0.169. The molecule has 0 heterocycles. The van der Waals surface area contributed by atoms with E-state index >= 15 is 0 Å². The highest BCUT2D eigenvalue weighted by atomic mass is 16.4. The molecule has 0 aliphatic carbocycles. The van der Waals surface area contributed by atoms with E-state index < -0.39 is 35.2 Å². The van der Waals surface area contributed by atoms with E-state index in [1.165, 1.54) is 198 Å². The van der Waals surface area contributed by atoms with Crippen LogP contribution in [0.25, 0.3) is 0 Å². The van der Waals surface area contributed by atoms with Gasteiger partial charge >= 0.3 is 0 Å². The topological polar surface area (TPSA) is 112 Å². The van der Waals surface area contributed by atoms with E-state index in [2.05, 4.69) is 20.8 Å². The molecule has 0 aromatic carbocycles. The molecule has 0 saturated heterocycles. The molecule has 0 aromatic rings. The first-order valence-electron chi connectivity index (χ1n) is 27.1. The monoisotopic (exact) mass is 883 g/mol. The Morgan fingerprint density at radius 1 is 0.381 bits per heavy atom. The van der Waals surface area contributed by atoms with Gasteiger partial charge in [0.15, 0.2) is 17.3 Å². The predicted molar refractivity (Wildman–Crippen MR) is 270 cm³/mol. The molecule has 1 unspecified atom stereocenters. The van der Waals surface area contributed by atoms with Crippen molar-refractivity contribution in [1.29, 1.82) is 0 Å². The predicted octanol–water partition coefficient (Wildman–Crippen LogP) is 16.0. The maximum absolute atomic E-state index is 13.4. The number of hydrogen-bond donors (Lipinski definition) is 3. The number of Topliss-reactive ketones (excluding diaryl/α,β-unsaturated/α-hetero) is 1. The minimum atomic E-state index is -2.99. The Bertz CT molecular complexity index is 1110. The van der Waals surface area contributed by atoms with Crippen molar-refractivity contribution >= 4 is 17.3 Å². The van der Waals surface area contributed by atoms with Crippen molar-refractivity contribution in [2.45, 2.75) is 295 Å². The zero-order valence-electron chi connectivity index (χ0n) is 41.6. The summed E-state index contributed by atoms with van der Waals surface area (Å²) >= 11 is 0. The van der Waals surface area contributed by atoms with Crippen LogP contribution in [0.3, 0.4) is 0 Å². The number of allylic oxidation sites excluding steroid dienone is 6. The second-order valence-electron chi connectivity index (χ2n) is 18.8. The fourth-order valence-corrected chi connectivity index (χ4v) is 8.38. The number of hydrogen-bond acceptors (Lipinski definition) is 6. The summed E-state index contributed by atoms with van der Waals surface area (Å²) in [5, 5.41) is 33.6. The quantitative estimate of drug-likeness (QED) is 0.0243. The fourth-order valence-electron chi connectivity index (χ4n) is 8.38. The number of rotatable bonds is 49. The van der Waals surface area contributed by atoms with E-state index in [0.29, 0.717) is 6.42 Å².